The molecule has 0 aliphatic heterocycles. The van der Waals surface area contributed by atoms with Gasteiger partial charge in [0.1, 0.15) is 0 Å². The maximum atomic E-state index is 8.55. The third-order valence-corrected chi connectivity index (χ3v) is 1.53. The Morgan fingerprint density at radius 3 is 1.87 bits per heavy atom. The van der Waals surface area contributed by atoms with Crippen molar-refractivity contribution in [2.24, 2.45) is 0 Å². The quantitative estimate of drug-likeness (QED) is 0.410. The predicted octanol–water partition coefficient (Wildman–Crippen LogP) is 0.620. The molecule has 0 unspecified atom stereocenters. The van der Waals surface area contributed by atoms with E-state index in [1.165, 1.54) is 11.1 Å². The molecule has 0 spiro atoms. The maximum absolute atomic E-state index is 8.55. The molecule has 15 heavy (non-hydrogen) atoms. The van der Waals surface area contributed by atoms with Crippen LogP contribution in [0.25, 0.3) is 0 Å². The molecule has 0 amide bonds. The van der Waals surface area contributed by atoms with Crippen LogP contribution in [0.15, 0.2) is 23.3 Å². The zero-order valence-corrected chi connectivity index (χ0v) is 9.64. The molecule has 0 bridgehead atoms. The molecule has 0 fully saturated rings. The number of aliphatic hydroxyl groups excluding tert-OH is 1. The Labute approximate surface area is 91.8 Å². The van der Waals surface area contributed by atoms with Crippen LogP contribution >= 0.6 is 0 Å². The summed E-state index contributed by atoms with van der Waals surface area (Å²) in [5.74, 6) is 0. The predicted molar refractivity (Wildman–Crippen MR) is 61.9 cm³/mol. The number of rotatable bonds is 4. The molecule has 88 valence electrons. The molecular formula is C10H21BO4. The van der Waals surface area contributed by atoms with E-state index in [1.54, 1.807) is 0 Å². The summed E-state index contributed by atoms with van der Waals surface area (Å²) in [7, 11) is -2.17. The third-order valence-electron chi connectivity index (χ3n) is 1.53. The minimum Gasteiger partial charge on any atom is -0.402 e. The van der Waals surface area contributed by atoms with Crippen LogP contribution in [0.3, 0.4) is 0 Å². The van der Waals surface area contributed by atoms with E-state index in [2.05, 4.69) is 26.8 Å². The van der Waals surface area contributed by atoms with E-state index in [0.29, 0.717) is 0 Å². The van der Waals surface area contributed by atoms with Crippen molar-refractivity contribution >= 4 is 7.32 Å². The fraction of sp³-hybridized carbons (Fsp3) is 0.600. The van der Waals surface area contributed by atoms with Gasteiger partial charge in [-0.25, -0.2) is 0 Å². The van der Waals surface area contributed by atoms with Crippen LogP contribution in [-0.4, -0.2) is 34.1 Å². The van der Waals surface area contributed by atoms with Gasteiger partial charge in [-0.15, -0.1) is 0 Å². The molecule has 0 heterocycles. The average Bonchev–Trinajstić information content (AvgIpc) is 2.02. The number of allylic oxidation sites excluding steroid dienone is 3. The Morgan fingerprint density at radius 1 is 1.07 bits per heavy atom. The van der Waals surface area contributed by atoms with Gasteiger partial charge < -0.3 is 20.2 Å². The van der Waals surface area contributed by atoms with Crippen LogP contribution in [0.1, 0.15) is 33.6 Å². The lowest BCUT2D eigenvalue weighted by molar-refractivity contribution is 0.278. The molecule has 0 atom stereocenters. The SMILES string of the molecule is CC(C)=CCC/C(C)=C/CO.OB(O)O. The van der Waals surface area contributed by atoms with Crippen molar-refractivity contribution in [3.05, 3.63) is 23.3 Å². The Balaban J connectivity index is 0. The van der Waals surface area contributed by atoms with Gasteiger partial charge in [0.15, 0.2) is 0 Å². The highest BCUT2D eigenvalue weighted by Crippen LogP contribution is 2.05. The lowest BCUT2D eigenvalue weighted by Crippen LogP contribution is -2.07. The van der Waals surface area contributed by atoms with E-state index in [1.807, 2.05) is 6.08 Å². The largest absolute Gasteiger partial charge is 0.631 e. The molecule has 0 aliphatic carbocycles. The van der Waals surface area contributed by atoms with Crippen LogP contribution in [0.5, 0.6) is 0 Å². The van der Waals surface area contributed by atoms with Gasteiger partial charge in [-0.1, -0.05) is 23.3 Å². The Bertz CT molecular complexity index is 193. The summed E-state index contributed by atoms with van der Waals surface area (Å²) in [4.78, 5) is 0. The molecule has 4 N–H and O–H groups in total. The normalized spacial score (nSPS) is 10.2. The van der Waals surface area contributed by atoms with Crippen LogP contribution in [0.4, 0.5) is 0 Å². The van der Waals surface area contributed by atoms with Crippen molar-refractivity contribution in [1.29, 1.82) is 0 Å². The second kappa shape index (κ2) is 11.5. The summed E-state index contributed by atoms with van der Waals surface area (Å²) in [5.41, 5.74) is 2.63. The molecule has 0 saturated heterocycles. The summed E-state index contributed by atoms with van der Waals surface area (Å²) < 4.78 is 0. The first-order valence-corrected chi connectivity index (χ1v) is 4.84. The smallest absolute Gasteiger partial charge is 0.402 e. The minimum atomic E-state index is -2.17. The summed E-state index contributed by atoms with van der Waals surface area (Å²) in [6.07, 6.45) is 6.23. The van der Waals surface area contributed by atoms with Crippen molar-refractivity contribution in [2.45, 2.75) is 33.6 Å². The average molecular weight is 216 g/mol. The molecule has 4 nitrogen and oxygen atoms in total. The van der Waals surface area contributed by atoms with E-state index in [0.717, 1.165) is 12.8 Å². The van der Waals surface area contributed by atoms with Gasteiger partial charge in [0.25, 0.3) is 0 Å². The van der Waals surface area contributed by atoms with Gasteiger partial charge in [-0.2, -0.15) is 0 Å². The monoisotopic (exact) mass is 216 g/mol. The number of hydrogen-bond acceptors (Lipinski definition) is 4. The van der Waals surface area contributed by atoms with E-state index in [9.17, 15) is 0 Å². The summed E-state index contributed by atoms with van der Waals surface area (Å²) >= 11 is 0. The van der Waals surface area contributed by atoms with Gasteiger partial charge in [0, 0.05) is 0 Å². The number of hydrogen-bond donors (Lipinski definition) is 4. The Kier molecular flexibility index (Phi) is 12.8. The zero-order chi connectivity index (χ0) is 12.3. The summed E-state index contributed by atoms with van der Waals surface area (Å²) in [6, 6.07) is 0. The Hall–Kier alpha value is -0.615. The molecule has 0 aliphatic rings. The first kappa shape index (κ1) is 16.8. The van der Waals surface area contributed by atoms with Gasteiger partial charge in [-0.05, 0) is 33.6 Å². The van der Waals surface area contributed by atoms with E-state index in [-0.39, 0.29) is 6.61 Å². The van der Waals surface area contributed by atoms with Crippen molar-refractivity contribution in [3.8, 4) is 0 Å². The molecule has 0 aromatic carbocycles. The standard InChI is InChI=1S/C10H18O.BH3O3/c1-9(2)5-4-6-10(3)7-8-11;2-1(3)4/h5,7,11H,4,6,8H2,1-3H3;2-4H/b10-7+;. The molecule has 5 heteroatoms. The lowest BCUT2D eigenvalue weighted by Gasteiger charge is -1.96. The molecule has 0 aromatic heterocycles. The molecule has 0 rings (SSSR count). The lowest BCUT2D eigenvalue weighted by atomic mass is 10.1. The highest BCUT2D eigenvalue weighted by molar-refractivity contribution is 6.30. The highest BCUT2D eigenvalue weighted by Gasteiger charge is 1.92. The second-order valence-corrected chi connectivity index (χ2v) is 3.40. The van der Waals surface area contributed by atoms with Gasteiger partial charge in [0.05, 0.1) is 6.61 Å². The molecule has 0 radical (unpaired) electrons. The van der Waals surface area contributed by atoms with Crippen LogP contribution < -0.4 is 0 Å². The van der Waals surface area contributed by atoms with Crippen LogP contribution in [0, 0.1) is 0 Å². The fourth-order valence-electron chi connectivity index (χ4n) is 0.846. The first-order chi connectivity index (χ1) is 6.90. The van der Waals surface area contributed by atoms with Crippen LogP contribution in [0.2, 0.25) is 0 Å². The summed E-state index contributed by atoms with van der Waals surface area (Å²) in [6.45, 7) is 6.42. The minimum absolute atomic E-state index is 0.167. The van der Waals surface area contributed by atoms with Crippen molar-refractivity contribution < 1.29 is 20.2 Å². The van der Waals surface area contributed by atoms with E-state index < -0.39 is 7.32 Å². The van der Waals surface area contributed by atoms with Crippen molar-refractivity contribution in [3.63, 3.8) is 0 Å². The Morgan fingerprint density at radius 2 is 1.53 bits per heavy atom. The van der Waals surface area contributed by atoms with E-state index in [4.69, 9.17) is 20.2 Å². The van der Waals surface area contributed by atoms with Crippen molar-refractivity contribution in [2.75, 3.05) is 6.61 Å². The van der Waals surface area contributed by atoms with Gasteiger partial charge >= 0.3 is 7.32 Å². The van der Waals surface area contributed by atoms with Crippen LogP contribution in [-0.2, 0) is 0 Å². The van der Waals surface area contributed by atoms with Crippen molar-refractivity contribution in [1.82, 2.24) is 0 Å². The zero-order valence-electron chi connectivity index (χ0n) is 9.64. The molecule has 0 saturated carbocycles. The molecular weight excluding hydrogens is 195 g/mol. The maximum Gasteiger partial charge on any atom is 0.631 e. The first-order valence-electron chi connectivity index (χ1n) is 4.84. The van der Waals surface area contributed by atoms with E-state index >= 15 is 0 Å². The molecule has 0 aromatic rings. The second-order valence-electron chi connectivity index (χ2n) is 3.40. The number of aliphatic hydroxyl groups is 1. The topological polar surface area (TPSA) is 80.9 Å². The fourth-order valence-corrected chi connectivity index (χ4v) is 0.846. The third kappa shape index (κ3) is 24.7. The summed E-state index contributed by atoms with van der Waals surface area (Å²) in [5, 5.41) is 30.1. The van der Waals surface area contributed by atoms with Gasteiger partial charge in [-0.3, -0.25) is 0 Å². The van der Waals surface area contributed by atoms with Gasteiger partial charge in [0.2, 0.25) is 0 Å². The highest BCUT2D eigenvalue weighted by atomic mass is 16.5.